The molecule has 0 radical (unpaired) electrons. The maximum absolute atomic E-state index is 14.1. The van der Waals surface area contributed by atoms with Gasteiger partial charge in [0.15, 0.2) is 6.04 Å². The van der Waals surface area contributed by atoms with Crippen LogP contribution >= 0.6 is 34.4 Å². The summed E-state index contributed by atoms with van der Waals surface area (Å²) in [7, 11) is 0. The van der Waals surface area contributed by atoms with E-state index in [2.05, 4.69) is 10.3 Å². The van der Waals surface area contributed by atoms with Gasteiger partial charge >= 0.3 is 6.18 Å². The van der Waals surface area contributed by atoms with Crippen LogP contribution in [0.3, 0.4) is 0 Å². The van der Waals surface area contributed by atoms with E-state index in [0.29, 0.717) is 26.1 Å². The van der Waals surface area contributed by atoms with Crippen molar-refractivity contribution in [2.75, 3.05) is 16.9 Å². The lowest BCUT2D eigenvalue weighted by atomic mass is 9.97. The number of anilines is 1. The highest BCUT2D eigenvalue weighted by Gasteiger charge is 2.37. The number of nitrogens with two attached hydrogens (primary N) is 1. The average Bonchev–Trinajstić information content (AvgIpc) is 3.28. The SMILES string of the molecule is CSCC(C)(C)N(C(=O)c1cccc(I)c1C(N)=O)c1ccc(CN2N=NC(c3ccc(C(F)(F)F)cc3)C2=O)cc1C. The van der Waals surface area contributed by atoms with Crippen molar-refractivity contribution in [2.45, 2.75) is 45.1 Å². The van der Waals surface area contributed by atoms with E-state index in [1.807, 2.05) is 55.7 Å². The molecule has 0 fully saturated rings. The van der Waals surface area contributed by atoms with Gasteiger partial charge in [-0.15, -0.1) is 0 Å². The van der Waals surface area contributed by atoms with Crippen molar-refractivity contribution in [2.24, 2.45) is 16.1 Å². The first-order chi connectivity index (χ1) is 20.2. The van der Waals surface area contributed by atoms with Crippen LogP contribution in [0.2, 0.25) is 0 Å². The minimum atomic E-state index is -4.48. The third-order valence-corrected chi connectivity index (χ3v) is 8.84. The molecule has 1 aliphatic rings. The number of benzene rings is 3. The lowest BCUT2D eigenvalue weighted by Crippen LogP contribution is -2.50. The molecule has 3 aromatic rings. The molecule has 1 aliphatic heterocycles. The number of rotatable bonds is 9. The molecule has 0 saturated heterocycles. The fraction of sp³-hybridized carbons (Fsp3) is 0.300. The van der Waals surface area contributed by atoms with E-state index >= 15 is 0 Å². The van der Waals surface area contributed by atoms with Crippen LogP contribution in [-0.4, -0.2) is 40.3 Å². The van der Waals surface area contributed by atoms with E-state index < -0.39 is 35.1 Å². The zero-order valence-electron chi connectivity index (χ0n) is 23.8. The van der Waals surface area contributed by atoms with Crippen molar-refractivity contribution < 1.29 is 27.6 Å². The molecule has 1 atom stereocenters. The van der Waals surface area contributed by atoms with Gasteiger partial charge in [0, 0.05) is 15.0 Å². The van der Waals surface area contributed by atoms with Crippen LogP contribution in [0.25, 0.3) is 0 Å². The van der Waals surface area contributed by atoms with Gasteiger partial charge in [-0.25, -0.2) is 5.01 Å². The maximum atomic E-state index is 14.1. The van der Waals surface area contributed by atoms with Crippen LogP contribution in [0, 0.1) is 10.5 Å². The molecule has 2 N–H and O–H groups in total. The number of nitrogens with zero attached hydrogens (tertiary/aromatic N) is 4. The van der Waals surface area contributed by atoms with Crippen LogP contribution in [0.4, 0.5) is 18.9 Å². The molecular formula is C30H29F3IN5O3S. The largest absolute Gasteiger partial charge is 0.416 e. The van der Waals surface area contributed by atoms with Gasteiger partial charge in [0.05, 0.1) is 28.8 Å². The van der Waals surface area contributed by atoms with Crippen molar-refractivity contribution in [3.05, 3.63) is 97.6 Å². The average molecular weight is 724 g/mol. The van der Waals surface area contributed by atoms with E-state index in [9.17, 15) is 27.6 Å². The van der Waals surface area contributed by atoms with Crippen molar-refractivity contribution in [3.8, 4) is 0 Å². The first kappa shape index (κ1) is 32.5. The monoisotopic (exact) mass is 723 g/mol. The van der Waals surface area contributed by atoms with Gasteiger partial charge < -0.3 is 10.6 Å². The standard InChI is InChI=1S/C30H29F3IN5O3S/c1-17-14-18(15-38-28(42)25(36-37-38)19-9-11-20(12-10-19)30(31,32)33)8-13-23(17)39(29(2,3)16-43-4)27(41)21-6-5-7-22(34)24(21)26(35)40/h5-14,25H,15-16H2,1-4H3,(H2,35,40). The Labute approximate surface area is 265 Å². The summed E-state index contributed by atoms with van der Waals surface area (Å²) in [5.41, 5.74) is 6.94. The summed E-state index contributed by atoms with van der Waals surface area (Å²) in [5, 5.41) is 9.13. The Kier molecular flexibility index (Phi) is 9.54. The molecule has 4 rings (SSSR count). The Morgan fingerprint density at radius 3 is 2.35 bits per heavy atom. The number of aryl methyl sites for hydroxylation is 1. The van der Waals surface area contributed by atoms with Gasteiger partial charge in [-0.05, 0) is 96.6 Å². The zero-order chi connectivity index (χ0) is 31.7. The number of hydrogen-bond acceptors (Lipinski definition) is 6. The minimum absolute atomic E-state index is 0.0748. The molecule has 0 spiro atoms. The van der Waals surface area contributed by atoms with E-state index in [1.54, 1.807) is 47.0 Å². The second-order valence-corrected chi connectivity index (χ2v) is 12.7. The van der Waals surface area contributed by atoms with Gasteiger partial charge in [-0.1, -0.05) is 35.6 Å². The first-order valence-electron chi connectivity index (χ1n) is 13.1. The number of halogens is 4. The van der Waals surface area contributed by atoms with E-state index in [1.165, 1.54) is 17.1 Å². The van der Waals surface area contributed by atoms with Crippen LogP contribution in [0.5, 0.6) is 0 Å². The Morgan fingerprint density at radius 1 is 1.09 bits per heavy atom. The number of amides is 3. The quantitative estimate of drug-likeness (QED) is 0.241. The fourth-order valence-electron chi connectivity index (χ4n) is 4.96. The molecule has 43 heavy (non-hydrogen) atoms. The predicted molar refractivity (Wildman–Crippen MR) is 168 cm³/mol. The predicted octanol–water partition coefficient (Wildman–Crippen LogP) is 6.96. The van der Waals surface area contributed by atoms with Gasteiger partial charge in [-0.2, -0.15) is 30.0 Å². The second kappa shape index (κ2) is 12.6. The summed E-state index contributed by atoms with van der Waals surface area (Å²) in [6, 6.07) is 13.7. The molecule has 0 aromatic heterocycles. The van der Waals surface area contributed by atoms with Crippen molar-refractivity contribution in [3.63, 3.8) is 0 Å². The Hall–Kier alpha value is -3.46. The normalized spacial score (nSPS) is 15.2. The summed E-state index contributed by atoms with van der Waals surface area (Å²) in [5.74, 6) is -0.923. The molecular weight excluding hydrogens is 694 g/mol. The molecule has 1 heterocycles. The Bertz CT molecular complexity index is 1590. The smallest absolute Gasteiger partial charge is 0.366 e. The molecule has 0 aliphatic carbocycles. The molecule has 3 aromatic carbocycles. The lowest BCUT2D eigenvalue weighted by Gasteiger charge is -2.39. The van der Waals surface area contributed by atoms with Gasteiger partial charge in [-0.3, -0.25) is 14.4 Å². The molecule has 1 unspecified atom stereocenters. The van der Waals surface area contributed by atoms with E-state index in [-0.39, 0.29) is 23.6 Å². The number of carbonyl (C=O) groups excluding carboxylic acids is 3. The summed E-state index contributed by atoms with van der Waals surface area (Å²) in [6.45, 7) is 5.80. The molecule has 8 nitrogen and oxygen atoms in total. The highest BCUT2D eigenvalue weighted by Crippen LogP contribution is 2.35. The van der Waals surface area contributed by atoms with Crippen molar-refractivity contribution in [1.29, 1.82) is 0 Å². The lowest BCUT2D eigenvalue weighted by molar-refractivity contribution is -0.137. The molecule has 3 amide bonds. The highest BCUT2D eigenvalue weighted by atomic mass is 127. The number of thioether (sulfide) groups is 1. The number of primary amides is 1. The van der Waals surface area contributed by atoms with Gasteiger partial charge in [0.1, 0.15) is 0 Å². The molecule has 226 valence electrons. The number of carbonyl (C=O) groups is 3. The van der Waals surface area contributed by atoms with Crippen LogP contribution in [-0.2, 0) is 17.5 Å². The molecule has 0 saturated carbocycles. The van der Waals surface area contributed by atoms with Crippen molar-refractivity contribution >= 4 is 57.8 Å². The van der Waals surface area contributed by atoms with Crippen LogP contribution in [0.15, 0.2) is 71.0 Å². The maximum Gasteiger partial charge on any atom is 0.416 e. The first-order valence-corrected chi connectivity index (χ1v) is 15.5. The second-order valence-electron chi connectivity index (χ2n) is 10.7. The summed E-state index contributed by atoms with van der Waals surface area (Å²) in [4.78, 5) is 41.1. The molecule has 0 bridgehead atoms. The third kappa shape index (κ3) is 6.87. The third-order valence-electron chi connectivity index (χ3n) is 6.95. The van der Waals surface area contributed by atoms with Crippen LogP contribution in [0.1, 0.15) is 62.9 Å². The minimum Gasteiger partial charge on any atom is -0.366 e. The van der Waals surface area contributed by atoms with Crippen molar-refractivity contribution in [1.82, 2.24) is 5.01 Å². The highest BCUT2D eigenvalue weighted by molar-refractivity contribution is 14.1. The van der Waals surface area contributed by atoms with E-state index in [4.69, 9.17) is 5.73 Å². The number of alkyl halides is 3. The Balaban J connectivity index is 1.61. The van der Waals surface area contributed by atoms with Gasteiger partial charge in [0.25, 0.3) is 17.7 Å². The Morgan fingerprint density at radius 2 is 1.77 bits per heavy atom. The topological polar surface area (TPSA) is 108 Å². The summed E-state index contributed by atoms with van der Waals surface area (Å²) in [6.07, 6.45) is -2.54. The molecule has 13 heteroatoms. The number of hydrogen-bond donors (Lipinski definition) is 1. The fourth-order valence-corrected chi connectivity index (χ4v) is 6.56. The van der Waals surface area contributed by atoms with Crippen LogP contribution < -0.4 is 10.6 Å². The summed E-state index contributed by atoms with van der Waals surface area (Å²) >= 11 is 3.57. The summed E-state index contributed by atoms with van der Waals surface area (Å²) < 4.78 is 39.4. The zero-order valence-corrected chi connectivity index (χ0v) is 26.8. The van der Waals surface area contributed by atoms with Gasteiger partial charge in [0.2, 0.25) is 0 Å². The van der Waals surface area contributed by atoms with E-state index in [0.717, 1.165) is 17.7 Å².